The first kappa shape index (κ1) is 58.3. The van der Waals surface area contributed by atoms with E-state index in [2.05, 4.69) is 0 Å². The standard InChI is InChI=1S/C40H24F12I4O14S4/c41-37(42,43)71(57,58)67-53-25-1-2-26(4-3-25)54(68-72(59,60)38(44,45)46)30-11-19-34(20-12-30)66-36-23-15-32(16-24-36)56(70-74(63,64)40(50,51)52)28-7-5-27(6-8-28)55(69-73(61,62)39(47,48)49)31-13-21-35(22-14-31)65-33-17-9-29(53)10-18-33/h1-24H. The minimum atomic E-state index is -6.32. The molecule has 6 aromatic carbocycles. The Kier molecular flexibility index (Phi) is 17.2. The van der Waals surface area contributed by atoms with Crippen molar-refractivity contribution in [2.45, 2.75) is 22.0 Å². The van der Waals surface area contributed by atoms with Gasteiger partial charge in [-0.2, -0.15) is 0 Å². The maximum absolute atomic E-state index is 13.7. The van der Waals surface area contributed by atoms with Gasteiger partial charge in [-0.15, -0.1) is 0 Å². The van der Waals surface area contributed by atoms with Gasteiger partial charge in [0.15, 0.2) is 0 Å². The fraction of sp³-hybridized carbons (Fsp3) is 0.100. The van der Waals surface area contributed by atoms with Gasteiger partial charge in [-0.25, -0.2) is 0 Å². The van der Waals surface area contributed by atoms with E-state index in [1.165, 1.54) is 0 Å². The Morgan fingerprint density at radius 3 is 0.500 bits per heavy atom. The molecule has 6 aromatic rings. The molecule has 10 heterocycles. The first-order valence-electron chi connectivity index (χ1n) is 19.0. The van der Waals surface area contributed by atoms with Gasteiger partial charge in [0.2, 0.25) is 0 Å². The molecule has 14 nitrogen and oxygen atoms in total. The summed E-state index contributed by atoms with van der Waals surface area (Å²) < 4.78 is 293. The van der Waals surface area contributed by atoms with E-state index in [4.69, 9.17) is 19.5 Å². The molecule has 0 aliphatic carbocycles. The fourth-order valence-corrected chi connectivity index (χ4v) is 30.9. The van der Waals surface area contributed by atoms with Gasteiger partial charge in [0.25, 0.3) is 0 Å². The van der Waals surface area contributed by atoms with Crippen molar-refractivity contribution in [3.63, 3.8) is 0 Å². The number of hydrogen-bond acceptors (Lipinski definition) is 14. The van der Waals surface area contributed by atoms with E-state index in [1.807, 2.05) is 0 Å². The third-order valence-corrected chi connectivity index (χ3v) is 36.9. The molecule has 0 unspecified atom stereocenters. The quantitative estimate of drug-likeness (QED) is 0.0794. The molecule has 0 atom stereocenters. The van der Waals surface area contributed by atoms with Crippen molar-refractivity contribution in [2.24, 2.45) is 0 Å². The summed E-state index contributed by atoms with van der Waals surface area (Å²) in [6, 6.07) is 26.2. The van der Waals surface area contributed by atoms with E-state index in [-0.39, 0.29) is 51.6 Å². The Morgan fingerprint density at radius 2 is 0.378 bits per heavy atom. The van der Waals surface area contributed by atoms with Crippen molar-refractivity contribution in [1.82, 2.24) is 0 Å². The monoisotopic (exact) mass is 1590 g/mol. The molecule has 10 aliphatic rings. The van der Waals surface area contributed by atoms with Crippen LogP contribution in [0.4, 0.5) is 52.7 Å². The molecule has 0 saturated carbocycles. The van der Waals surface area contributed by atoms with Crippen LogP contribution in [0.5, 0.6) is 23.0 Å². The van der Waals surface area contributed by atoms with Crippen molar-refractivity contribution in [2.75, 3.05) is 0 Å². The summed E-state index contributed by atoms with van der Waals surface area (Å²) in [5.41, 5.74) is -23.7. The average Bonchev–Trinajstić information content (AvgIpc) is 3.31. The Balaban J connectivity index is 1.36. The summed E-state index contributed by atoms with van der Waals surface area (Å²) in [6.45, 7) is 0. The normalized spacial score (nSPS) is 16.4. The molecule has 34 heteroatoms. The zero-order valence-corrected chi connectivity index (χ0v) is 47.1. The molecule has 0 fully saturated rings. The van der Waals surface area contributed by atoms with Crippen LogP contribution < -0.4 is 9.47 Å². The molecular weight excluding hydrogens is 1570 g/mol. The van der Waals surface area contributed by atoms with Gasteiger partial charge in [-0.1, -0.05) is 0 Å². The van der Waals surface area contributed by atoms with Crippen molar-refractivity contribution in [3.05, 3.63) is 174 Å². The van der Waals surface area contributed by atoms with Gasteiger partial charge in [0.1, 0.15) is 0 Å². The molecule has 16 rings (SSSR count). The molecule has 0 N–H and O–H groups in total. The Morgan fingerprint density at radius 1 is 0.257 bits per heavy atom. The number of alkyl halides is 12. The van der Waals surface area contributed by atoms with Crippen LogP contribution in [0.25, 0.3) is 0 Å². The summed E-state index contributed by atoms with van der Waals surface area (Å²) in [7, 11) is -25.3. The van der Waals surface area contributed by atoms with Gasteiger partial charge < -0.3 is 0 Å². The Bertz CT molecular complexity index is 2990. The summed E-state index contributed by atoms with van der Waals surface area (Å²) in [6.07, 6.45) is 0. The van der Waals surface area contributed by atoms with E-state index < -0.39 is 143 Å². The molecule has 12 bridgehead atoms. The van der Waals surface area contributed by atoms with E-state index in [0.29, 0.717) is 0 Å². The van der Waals surface area contributed by atoms with Crippen LogP contribution in [-0.2, 0) is 50.5 Å². The number of hydrogen-bond donors (Lipinski definition) is 0. The summed E-state index contributed by atoms with van der Waals surface area (Å²) in [5, 5.41) is 0. The molecular formula is C40H24F12I4O14S4. The second-order valence-electron chi connectivity index (χ2n) is 13.7. The van der Waals surface area contributed by atoms with Gasteiger partial charge in [-0.3, -0.25) is 0 Å². The molecule has 0 saturated heterocycles. The van der Waals surface area contributed by atoms with Crippen molar-refractivity contribution < 1.29 is 106 Å². The molecule has 10 aliphatic heterocycles. The van der Waals surface area contributed by atoms with Crippen LogP contribution in [0.2, 0.25) is 0 Å². The van der Waals surface area contributed by atoms with Gasteiger partial charge in [0.05, 0.1) is 0 Å². The third-order valence-electron chi connectivity index (χ3n) is 8.64. The second-order valence-corrected chi connectivity index (χ2v) is 39.7. The van der Waals surface area contributed by atoms with Crippen molar-refractivity contribution in [3.8, 4) is 23.0 Å². The summed E-state index contributed by atoms with van der Waals surface area (Å²) in [5.74, 6) is -0.368. The van der Waals surface area contributed by atoms with E-state index in [9.17, 15) is 86.4 Å². The van der Waals surface area contributed by atoms with Crippen LogP contribution in [0, 0.1) is 28.6 Å². The molecule has 0 amide bonds. The van der Waals surface area contributed by atoms with Crippen LogP contribution in [0.15, 0.2) is 146 Å². The predicted octanol–water partition coefficient (Wildman–Crippen LogP) is 12.9. The fourth-order valence-electron chi connectivity index (χ4n) is 5.33. The van der Waals surface area contributed by atoms with Crippen LogP contribution >= 0.6 is 80.9 Å². The number of ether oxygens (including phenoxy) is 2. The SMILES string of the molecule is O=S(=O)(OI1c2ccc(cc2)Oc2ccc(cc2)I(OS(=O)(=O)C(F)(F)F)c2ccc(cc2)I(OS(=O)(=O)C(F)(F)F)c2ccc(cc2)Oc2ccc(cc2)I(OS(=O)(=O)C(F)(F)F)c2ccc1cc2)C(F)(F)F. The first-order chi connectivity index (χ1) is 34.1. The zero-order chi connectivity index (χ0) is 54.5. The predicted molar refractivity (Wildman–Crippen MR) is 269 cm³/mol. The minimum absolute atomic E-state index is 0.0921. The van der Waals surface area contributed by atoms with E-state index >= 15 is 0 Å². The third kappa shape index (κ3) is 13.5. The average molecular weight is 1590 g/mol. The number of rotatable bonds is 8. The van der Waals surface area contributed by atoms with Gasteiger partial charge in [-0.05, 0) is 0 Å². The molecule has 0 spiro atoms. The first-order valence-corrected chi connectivity index (χ1v) is 36.7. The van der Waals surface area contributed by atoms with Gasteiger partial charge >= 0.3 is 446 Å². The number of benzene rings is 6. The molecule has 404 valence electrons. The molecule has 0 aromatic heterocycles. The van der Waals surface area contributed by atoms with Crippen molar-refractivity contribution >= 4 is 121 Å². The second kappa shape index (κ2) is 21.8. The molecule has 0 radical (unpaired) electrons. The summed E-state index contributed by atoms with van der Waals surface area (Å²) in [4.78, 5) is 0. The van der Waals surface area contributed by atoms with Crippen LogP contribution in [0.1, 0.15) is 0 Å². The van der Waals surface area contributed by atoms with Crippen LogP contribution in [-0.4, -0.2) is 55.7 Å². The zero-order valence-electron chi connectivity index (χ0n) is 35.3. The molecule has 74 heavy (non-hydrogen) atoms. The van der Waals surface area contributed by atoms with Crippen molar-refractivity contribution in [1.29, 1.82) is 0 Å². The summed E-state index contributed by atoms with van der Waals surface area (Å²) >= 11 is -17.1. The van der Waals surface area contributed by atoms with Gasteiger partial charge in [0, 0.05) is 0 Å². The van der Waals surface area contributed by atoms with Crippen LogP contribution in [0.3, 0.4) is 0 Å². The maximum atomic E-state index is 13.7. The topological polar surface area (TPSA) is 192 Å². The Labute approximate surface area is 441 Å². The van der Waals surface area contributed by atoms with E-state index in [0.717, 1.165) is 146 Å². The van der Waals surface area contributed by atoms with E-state index in [1.54, 1.807) is 0 Å². The number of halogens is 16. The Hall–Kier alpha value is -3.36.